The number of pyridine rings is 1. The molecule has 1 heterocycles. The van der Waals surface area contributed by atoms with Gasteiger partial charge in [0.05, 0.1) is 5.52 Å². The van der Waals surface area contributed by atoms with Crippen LogP contribution in [0.3, 0.4) is 0 Å². The van der Waals surface area contributed by atoms with Crippen LogP contribution in [-0.2, 0) is 0 Å². The molecule has 0 aliphatic heterocycles. The molecule has 2 aromatic rings. The van der Waals surface area contributed by atoms with Crippen LogP contribution in [0.15, 0.2) is 36.5 Å². The van der Waals surface area contributed by atoms with Crippen LogP contribution in [0.4, 0.5) is 0 Å². The summed E-state index contributed by atoms with van der Waals surface area (Å²) in [6, 6.07) is 9.37. The standard InChI is InChI=1S/C14H15NO2/c1-3-14(2,17)13(16)11-8-10-6-4-5-7-12(10)15-9-11/h4-9,17H,3H2,1-2H3. The van der Waals surface area contributed by atoms with Gasteiger partial charge in [0.2, 0.25) is 0 Å². The molecular weight excluding hydrogens is 214 g/mol. The molecule has 0 spiro atoms. The summed E-state index contributed by atoms with van der Waals surface area (Å²) >= 11 is 0. The van der Waals surface area contributed by atoms with E-state index >= 15 is 0 Å². The second-order valence-electron chi connectivity index (χ2n) is 4.37. The number of carbonyl (C=O) groups is 1. The zero-order valence-corrected chi connectivity index (χ0v) is 9.97. The van der Waals surface area contributed by atoms with Crippen LogP contribution < -0.4 is 0 Å². The highest BCUT2D eigenvalue weighted by Crippen LogP contribution is 2.19. The van der Waals surface area contributed by atoms with E-state index in [-0.39, 0.29) is 5.78 Å². The van der Waals surface area contributed by atoms with Gasteiger partial charge >= 0.3 is 0 Å². The maximum absolute atomic E-state index is 12.1. The second-order valence-corrected chi connectivity index (χ2v) is 4.37. The minimum atomic E-state index is -1.32. The topological polar surface area (TPSA) is 50.2 Å². The molecule has 2 rings (SSSR count). The van der Waals surface area contributed by atoms with E-state index in [1.165, 1.54) is 13.1 Å². The van der Waals surface area contributed by atoms with Gasteiger partial charge in [0, 0.05) is 17.1 Å². The van der Waals surface area contributed by atoms with E-state index in [1.807, 2.05) is 24.3 Å². The maximum atomic E-state index is 12.1. The molecule has 88 valence electrons. The Hall–Kier alpha value is -1.74. The zero-order valence-electron chi connectivity index (χ0n) is 9.97. The van der Waals surface area contributed by atoms with Crippen molar-refractivity contribution in [2.45, 2.75) is 25.9 Å². The number of Topliss-reactive ketones (excluding diaryl/α,β-unsaturated/α-hetero) is 1. The molecule has 1 aromatic carbocycles. The van der Waals surface area contributed by atoms with Gasteiger partial charge in [-0.1, -0.05) is 25.1 Å². The van der Waals surface area contributed by atoms with Gasteiger partial charge in [0.25, 0.3) is 0 Å². The molecule has 17 heavy (non-hydrogen) atoms. The first-order chi connectivity index (χ1) is 8.04. The quantitative estimate of drug-likeness (QED) is 0.823. The van der Waals surface area contributed by atoms with Crippen LogP contribution in [-0.4, -0.2) is 21.5 Å². The molecule has 0 amide bonds. The van der Waals surface area contributed by atoms with Crippen molar-refractivity contribution in [1.29, 1.82) is 0 Å². The van der Waals surface area contributed by atoms with Gasteiger partial charge < -0.3 is 5.11 Å². The molecule has 0 radical (unpaired) electrons. The number of rotatable bonds is 3. The lowest BCUT2D eigenvalue weighted by Crippen LogP contribution is -2.34. The van der Waals surface area contributed by atoms with Crippen LogP contribution in [0.5, 0.6) is 0 Å². The van der Waals surface area contributed by atoms with Crippen molar-refractivity contribution < 1.29 is 9.90 Å². The molecule has 0 bridgehead atoms. The van der Waals surface area contributed by atoms with Gasteiger partial charge in [-0.25, -0.2) is 0 Å². The molecule has 3 nitrogen and oxygen atoms in total. The van der Waals surface area contributed by atoms with E-state index in [4.69, 9.17) is 0 Å². The molecule has 0 fully saturated rings. The Morgan fingerprint density at radius 2 is 2.12 bits per heavy atom. The third-order valence-electron chi connectivity index (χ3n) is 3.03. The first-order valence-corrected chi connectivity index (χ1v) is 5.66. The summed E-state index contributed by atoms with van der Waals surface area (Å²) in [6.45, 7) is 3.32. The van der Waals surface area contributed by atoms with Crippen LogP contribution in [0.1, 0.15) is 30.6 Å². The SMILES string of the molecule is CCC(C)(O)C(=O)c1cnc2ccccc2c1. The van der Waals surface area contributed by atoms with Crippen molar-refractivity contribution in [2.75, 3.05) is 0 Å². The van der Waals surface area contributed by atoms with E-state index in [1.54, 1.807) is 13.0 Å². The minimum Gasteiger partial charge on any atom is -0.382 e. The van der Waals surface area contributed by atoms with E-state index in [0.29, 0.717) is 12.0 Å². The smallest absolute Gasteiger partial charge is 0.195 e. The van der Waals surface area contributed by atoms with E-state index in [2.05, 4.69) is 4.98 Å². The molecule has 3 heteroatoms. The molecule has 1 aromatic heterocycles. The van der Waals surface area contributed by atoms with Crippen molar-refractivity contribution in [1.82, 2.24) is 4.98 Å². The zero-order chi connectivity index (χ0) is 12.5. The highest BCUT2D eigenvalue weighted by atomic mass is 16.3. The fraction of sp³-hybridized carbons (Fsp3) is 0.286. The summed E-state index contributed by atoms with van der Waals surface area (Å²) in [5.74, 6) is -0.279. The van der Waals surface area contributed by atoms with Crippen molar-refractivity contribution in [2.24, 2.45) is 0 Å². The maximum Gasteiger partial charge on any atom is 0.195 e. The third kappa shape index (κ3) is 2.19. The molecule has 0 aliphatic rings. The number of benzene rings is 1. The summed E-state index contributed by atoms with van der Waals surface area (Å²) in [7, 11) is 0. The summed E-state index contributed by atoms with van der Waals surface area (Å²) in [5, 5.41) is 10.8. The molecule has 1 N–H and O–H groups in total. The number of carbonyl (C=O) groups excluding carboxylic acids is 1. The number of nitrogens with zero attached hydrogens (tertiary/aromatic N) is 1. The Bertz CT molecular complexity index is 561. The largest absolute Gasteiger partial charge is 0.382 e. The van der Waals surface area contributed by atoms with Gasteiger partial charge in [0.15, 0.2) is 5.78 Å². The molecular formula is C14H15NO2. The van der Waals surface area contributed by atoms with Crippen LogP contribution in [0, 0.1) is 0 Å². The molecule has 1 unspecified atom stereocenters. The number of ketones is 1. The summed E-state index contributed by atoms with van der Waals surface area (Å²) < 4.78 is 0. The van der Waals surface area contributed by atoms with E-state index in [9.17, 15) is 9.90 Å². The summed E-state index contributed by atoms with van der Waals surface area (Å²) in [5.41, 5.74) is -0.0137. The van der Waals surface area contributed by atoms with Gasteiger partial charge in [-0.05, 0) is 25.5 Å². The van der Waals surface area contributed by atoms with Gasteiger partial charge in [-0.15, -0.1) is 0 Å². The van der Waals surface area contributed by atoms with Crippen LogP contribution >= 0.6 is 0 Å². The lowest BCUT2D eigenvalue weighted by atomic mass is 9.93. The van der Waals surface area contributed by atoms with Gasteiger partial charge in [0.1, 0.15) is 5.60 Å². The second kappa shape index (κ2) is 4.26. The lowest BCUT2D eigenvalue weighted by molar-refractivity contribution is 0.0390. The fourth-order valence-corrected chi connectivity index (χ4v) is 1.67. The first kappa shape index (κ1) is 11.7. The number of fused-ring (bicyclic) bond motifs is 1. The predicted octanol–water partition coefficient (Wildman–Crippen LogP) is 2.58. The molecule has 1 atom stereocenters. The van der Waals surface area contributed by atoms with E-state index in [0.717, 1.165) is 10.9 Å². The Labute approximate surface area is 100 Å². The predicted molar refractivity (Wildman–Crippen MR) is 67.0 cm³/mol. The minimum absolute atomic E-state index is 0.279. The summed E-state index contributed by atoms with van der Waals surface area (Å²) in [4.78, 5) is 16.3. The van der Waals surface area contributed by atoms with Crippen molar-refractivity contribution in [3.05, 3.63) is 42.1 Å². The average Bonchev–Trinajstić information content (AvgIpc) is 2.37. The normalized spacial score (nSPS) is 14.5. The average molecular weight is 229 g/mol. The Morgan fingerprint density at radius 1 is 1.41 bits per heavy atom. The van der Waals surface area contributed by atoms with Crippen molar-refractivity contribution in [3.8, 4) is 0 Å². The Balaban J connectivity index is 2.47. The van der Waals surface area contributed by atoms with Crippen molar-refractivity contribution in [3.63, 3.8) is 0 Å². The number of hydrogen-bond donors (Lipinski definition) is 1. The Kier molecular flexibility index (Phi) is 2.94. The molecule has 0 aliphatic carbocycles. The highest BCUT2D eigenvalue weighted by molar-refractivity contribution is 6.03. The van der Waals surface area contributed by atoms with Crippen LogP contribution in [0.25, 0.3) is 10.9 Å². The number of para-hydroxylation sites is 1. The number of hydrogen-bond acceptors (Lipinski definition) is 3. The van der Waals surface area contributed by atoms with Crippen LogP contribution in [0.2, 0.25) is 0 Å². The van der Waals surface area contributed by atoms with Gasteiger partial charge in [-0.3, -0.25) is 9.78 Å². The first-order valence-electron chi connectivity index (χ1n) is 5.66. The molecule has 0 saturated carbocycles. The van der Waals surface area contributed by atoms with Gasteiger partial charge in [-0.2, -0.15) is 0 Å². The monoisotopic (exact) mass is 229 g/mol. The van der Waals surface area contributed by atoms with E-state index < -0.39 is 5.60 Å². The molecule has 0 saturated heterocycles. The third-order valence-corrected chi connectivity index (χ3v) is 3.03. The summed E-state index contributed by atoms with van der Waals surface area (Å²) in [6.07, 6.45) is 1.91. The van der Waals surface area contributed by atoms with Crippen molar-refractivity contribution >= 4 is 16.7 Å². The Morgan fingerprint density at radius 3 is 2.82 bits per heavy atom. The lowest BCUT2D eigenvalue weighted by Gasteiger charge is -2.19. The number of aliphatic hydroxyl groups is 1. The highest BCUT2D eigenvalue weighted by Gasteiger charge is 2.29. The fourth-order valence-electron chi connectivity index (χ4n) is 1.67. The number of aromatic nitrogens is 1.